The van der Waals surface area contributed by atoms with Crippen LogP contribution < -0.4 is 0 Å². The summed E-state index contributed by atoms with van der Waals surface area (Å²) in [4.78, 5) is 10.7. The molecule has 3 rings (SSSR count). The highest BCUT2D eigenvalue weighted by Gasteiger charge is 2.47. The zero-order valence-electron chi connectivity index (χ0n) is 9.15. The van der Waals surface area contributed by atoms with Crippen molar-refractivity contribution < 1.29 is 14.5 Å². The van der Waals surface area contributed by atoms with Crippen molar-refractivity contribution in [3.63, 3.8) is 0 Å². The highest BCUT2D eigenvalue weighted by Crippen LogP contribution is 2.44. The molecule has 0 aromatic carbocycles. The highest BCUT2D eigenvalue weighted by atomic mass is 17.2. The van der Waals surface area contributed by atoms with Gasteiger partial charge in [-0.25, -0.2) is 9.78 Å². The van der Waals surface area contributed by atoms with Crippen LogP contribution in [0.3, 0.4) is 0 Å². The van der Waals surface area contributed by atoms with E-state index in [2.05, 4.69) is 6.58 Å². The Hall–Kier alpha value is -0.380. The molecule has 2 saturated carbocycles. The van der Waals surface area contributed by atoms with Gasteiger partial charge in [-0.1, -0.05) is 6.58 Å². The molecule has 0 bridgehead atoms. The Balaban J connectivity index is 1.68. The molecule has 3 nitrogen and oxygen atoms in total. The lowest BCUT2D eigenvalue weighted by Gasteiger charge is -2.35. The molecule has 1 aliphatic heterocycles. The number of ether oxygens (including phenoxy) is 1. The Morgan fingerprint density at radius 3 is 2.27 bits per heavy atom. The van der Waals surface area contributed by atoms with Gasteiger partial charge >= 0.3 is 0 Å². The van der Waals surface area contributed by atoms with Crippen molar-refractivity contribution in [3.05, 3.63) is 12.2 Å². The van der Waals surface area contributed by atoms with Crippen molar-refractivity contribution in [2.75, 3.05) is 0 Å². The van der Waals surface area contributed by atoms with Crippen LogP contribution in [0, 0.1) is 11.8 Å². The highest BCUT2D eigenvalue weighted by molar-refractivity contribution is 5.06. The van der Waals surface area contributed by atoms with Crippen LogP contribution in [0.15, 0.2) is 12.2 Å². The van der Waals surface area contributed by atoms with Crippen LogP contribution in [0.4, 0.5) is 0 Å². The van der Waals surface area contributed by atoms with E-state index < -0.39 is 0 Å². The fraction of sp³-hybridized carbons (Fsp3) is 0.833. The summed E-state index contributed by atoms with van der Waals surface area (Å²) in [7, 11) is 0. The van der Waals surface area contributed by atoms with E-state index in [1.165, 1.54) is 25.7 Å². The van der Waals surface area contributed by atoms with E-state index in [9.17, 15) is 0 Å². The predicted molar refractivity (Wildman–Crippen MR) is 54.9 cm³/mol. The van der Waals surface area contributed by atoms with Crippen molar-refractivity contribution in [2.24, 2.45) is 11.8 Å². The lowest BCUT2D eigenvalue weighted by atomic mass is 10.0. The molecule has 0 aromatic rings. The van der Waals surface area contributed by atoms with Gasteiger partial charge in [-0.3, -0.25) is 0 Å². The van der Waals surface area contributed by atoms with Crippen molar-refractivity contribution in [2.45, 2.75) is 51.1 Å². The molecule has 0 spiro atoms. The van der Waals surface area contributed by atoms with Crippen LogP contribution in [0.5, 0.6) is 0 Å². The first-order valence-corrected chi connectivity index (χ1v) is 5.88. The van der Waals surface area contributed by atoms with Gasteiger partial charge in [0.15, 0.2) is 6.29 Å². The first-order chi connectivity index (χ1) is 7.25. The normalized spacial score (nSPS) is 41.5. The Morgan fingerprint density at radius 1 is 1.07 bits per heavy atom. The second kappa shape index (κ2) is 3.58. The zero-order valence-corrected chi connectivity index (χ0v) is 9.15. The molecule has 15 heavy (non-hydrogen) atoms. The molecule has 0 amide bonds. The lowest BCUT2D eigenvalue weighted by molar-refractivity contribution is -0.457. The molecule has 1 heterocycles. The summed E-state index contributed by atoms with van der Waals surface area (Å²) in [6.07, 6.45) is 4.94. The van der Waals surface area contributed by atoms with E-state index in [1.54, 1.807) is 0 Å². The van der Waals surface area contributed by atoms with Crippen LogP contribution in [-0.4, -0.2) is 18.5 Å². The molecule has 1 saturated heterocycles. The topological polar surface area (TPSA) is 27.7 Å². The third-order valence-electron chi connectivity index (χ3n) is 3.42. The van der Waals surface area contributed by atoms with Crippen molar-refractivity contribution in [1.29, 1.82) is 0 Å². The van der Waals surface area contributed by atoms with Crippen molar-refractivity contribution in [1.82, 2.24) is 0 Å². The average Bonchev–Trinajstić information content (AvgIpc) is 3.07. The van der Waals surface area contributed by atoms with Crippen LogP contribution in [0.25, 0.3) is 0 Å². The molecule has 0 aromatic heterocycles. The van der Waals surface area contributed by atoms with Gasteiger partial charge < -0.3 is 4.74 Å². The van der Waals surface area contributed by atoms with Gasteiger partial charge in [0, 0.05) is 5.92 Å². The van der Waals surface area contributed by atoms with Gasteiger partial charge in [0.1, 0.15) is 6.10 Å². The third kappa shape index (κ3) is 1.96. The average molecular weight is 210 g/mol. The van der Waals surface area contributed by atoms with Gasteiger partial charge in [0.2, 0.25) is 0 Å². The fourth-order valence-electron chi connectivity index (χ4n) is 2.12. The number of hydrogen-bond acceptors (Lipinski definition) is 3. The molecule has 0 N–H and O–H groups in total. The van der Waals surface area contributed by atoms with E-state index >= 15 is 0 Å². The third-order valence-corrected chi connectivity index (χ3v) is 3.42. The van der Waals surface area contributed by atoms with E-state index in [0.717, 1.165) is 5.57 Å². The first-order valence-electron chi connectivity index (χ1n) is 5.88. The molecule has 84 valence electrons. The summed E-state index contributed by atoms with van der Waals surface area (Å²) >= 11 is 0. The molecule has 2 aliphatic carbocycles. The minimum absolute atomic E-state index is 0.0625. The second-order valence-electron chi connectivity index (χ2n) is 5.10. The molecule has 0 unspecified atom stereocenters. The summed E-state index contributed by atoms with van der Waals surface area (Å²) < 4.78 is 6.00. The van der Waals surface area contributed by atoms with Crippen LogP contribution in [-0.2, 0) is 14.5 Å². The van der Waals surface area contributed by atoms with E-state index in [4.69, 9.17) is 14.5 Å². The summed E-state index contributed by atoms with van der Waals surface area (Å²) in [5, 5.41) is 0. The predicted octanol–water partition coefficient (Wildman–Crippen LogP) is 2.42. The maximum atomic E-state index is 6.00. The van der Waals surface area contributed by atoms with Crippen molar-refractivity contribution >= 4 is 0 Å². The molecule has 0 radical (unpaired) electrons. The van der Waals surface area contributed by atoms with Gasteiger partial charge in [-0.2, -0.15) is 0 Å². The molecule has 3 aliphatic rings. The SMILES string of the molecule is C=C(C)[C@H]1OO[C@H](C2CC2)O[C@@H]1C1CC1. The number of rotatable bonds is 3. The largest absolute Gasteiger partial charge is 0.343 e. The zero-order chi connectivity index (χ0) is 10.4. The molecule has 3 fully saturated rings. The van der Waals surface area contributed by atoms with Gasteiger partial charge in [-0.15, -0.1) is 0 Å². The van der Waals surface area contributed by atoms with Gasteiger partial charge in [0.05, 0.1) is 6.10 Å². The summed E-state index contributed by atoms with van der Waals surface area (Å²) in [5.74, 6) is 1.23. The molecular formula is C12H18O3. The van der Waals surface area contributed by atoms with Crippen LogP contribution in [0.1, 0.15) is 32.6 Å². The van der Waals surface area contributed by atoms with Gasteiger partial charge in [0.25, 0.3) is 0 Å². The van der Waals surface area contributed by atoms with Crippen LogP contribution >= 0.6 is 0 Å². The quantitative estimate of drug-likeness (QED) is 0.529. The summed E-state index contributed by atoms with van der Waals surface area (Å²) in [6.45, 7) is 5.92. The Morgan fingerprint density at radius 2 is 1.73 bits per heavy atom. The van der Waals surface area contributed by atoms with E-state index in [-0.39, 0.29) is 18.5 Å². The van der Waals surface area contributed by atoms with E-state index in [0.29, 0.717) is 11.8 Å². The van der Waals surface area contributed by atoms with Gasteiger partial charge in [-0.05, 0) is 44.1 Å². The van der Waals surface area contributed by atoms with E-state index in [1.807, 2.05) is 6.92 Å². The smallest absolute Gasteiger partial charge is 0.194 e. The van der Waals surface area contributed by atoms with Crippen LogP contribution in [0.2, 0.25) is 0 Å². The Labute approximate surface area is 90.3 Å². The number of hydrogen-bond donors (Lipinski definition) is 0. The maximum Gasteiger partial charge on any atom is 0.194 e. The summed E-state index contributed by atoms with van der Waals surface area (Å²) in [6, 6.07) is 0. The Bertz CT molecular complexity index is 268. The maximum absolute atomic E-state index is 6.00. The minimum Gasteiger partial charge on any atom is -0.343 e. The summed E-state index contributed by atoms with van der Waals surface area (Å²) in [5.41, 5.74) is 1.00. The fourth-order valence-corrected chi connectivity index (χ4v) is 2.12. The molecular weight excluding hydrogens is 192 g/mol. The molecule has 3 atom stereocenters. The van der Waals surface area contributed by atoms with Crippen molar-refractivity contribution in [3.8, 4) is 0 Å². The second-order valence-corrected chi connectivity index (χ2v) is 5.10. The monoisotopic (exact) mass is 210 g/mol. The first kappa shape index (κ1) is 9.82. The molecule has 3 heteroatoms. The Kier molecular flexibility index (Phi) is 2.34. The lowest BCUT2D eigenvalue weighted by Crippen LogP contribution is -2.44. The minimum atomic E-state index is -0.119. The standard InChI is InChI=1S/C12H18O3/c1-7(2)10-11(8-3-4-8)13-12(15-14-10)9-5-6-9/h8-12H,1,3-6H2,2H3/t10-,11-,12-/m1/s1.